The summed E-state index contributed by atoms with van der Waals surface area (Å²) in [6.45, 7) is -0.182. The number of alkyl halides is 3. The SMILES string of the molecule is COc1ccc(Cl)cc1C[C@@H]1CN=C(NN(C)C)CN(CC(=O)Nc2cccc(C(F)(F)F)c2)C1=O. The normalized spacial score (nSPS) is 16.4. The Bertz CT molecular complexity index is 1140. The molecule has 36 heavy (non-hydrogen) atoms. The number of hydrazine groups is 1. The molecule has 3 rings (SSSR count). The number of hydrogen-bond acceptors (Lipinski definition) is 6. The van der Waals surface area contributed by atoms with Crippen LogP contribution in [0.3, 0.4) is 0 Å². The maximum absolute atomic E-state index is 13.4. The van der Waals surface area contributed by atoms with Gasteiger partial charge >= 0.3 is 6.18 Å². The highest BCUT2D eigenvalue weighted by Gasteiger charge is 2.32. The Balaban J connectivity index is 1.80. The van der Waals surface area contributed by atoms with Crippen LogP contribution in [0.1, 0.15) is 11.1 Å². The predicted octanol–water partition coefficient (Wildman–Crippen LogP) is 3.47. The number of benzene rings is 2. The lowest BCUT2D eigenvalue weighted by molar-refractivity contribution is -0.137. The van der Waals surface area contributed by atoms with Gasteiger partial charge in [0.15, 0.2) is 0 Å². The van der Waals surface area contributed by atoms with Crippen LogP contribution >= 0.6 is 11.6 Å². The molecule has 2 aromatic carbocycles. The van der Waals surface area contributed by atoms with Gasteiger partial charge in [0, 0.05) is 24.8 Å². The molecular formula is C24H27ClF3N5O3. The second kappa shape index (κ2) is 11.6. The number of amidine groups is 1. The van der Waals surface area contributed by atoms with E-state index in [0.29, 0.717) is 16.6 Å². The van der Waals surface area contributed by atoms with E-state index >= 15 is 0 Å². The van der Waals surface area contributed by atoms with Crippen LogP contribution in [0.25, 0.3) is 0 Å². The maximum Gasteiger partial charge on any atom is 0.416 e. The number of ether oxygens (including phenoxy) is 1. The fourth-order valence-corrected chi connectivity index (χ4v) is 3.99. The first kappa shape index (κ1) is 27.3. The number of hydrogen-bond donors (Lipinski definition) is 2. The molecule has 0 saturated carbocycles. The van der Waals surface area contributed by atoms with E-state index in [1.165, 1.54) is 24.1 Å². The number of anilines is 1. The Labute approximate surface area is 212 Å². The Morgan fingerprint density at radius 2 is 2.00 bits per heavy atom. The molecule has 0 fully saturated rings. The van der Waals surface area contributed by atoms with E-state index in [-0.39, 0.29) is 37.6 Å². The number of nitrogens with zero attached hydrogens (tertiary/aromatic N) is 3. The average molecular weight is 526 g/mol. The summed E-state index contributed by atoms with van der Waals surface area (Å²) in [5.41, 5.74) is 2.84. The van der Waals surface area contributed by atoms with Gasteiger partial charge < -0.3 is 20.4 Å². The topological polar surface area (TPSA) is 86.3 Å². The lowest BCUT2D eigenvalue weighted by Crippen LogP contribution is -2.47. The van der Waals surface area contributed by atoms with E-state index in [1.54, 1.807) is 37.3 Å². The molecule has 194 valence electrons. The van der Waals surface area contributed by atoms with Crippen LogP contribution in [0.5, 0.6) is 5.75 Å². The minimum atomic E-state index is -4.54. The zero-order valence-corrected chi connectivity index (χ0v) is 20.8. The van der Waals surface area contributed by atoms with Gasteiger partial charge in [0.1, 0.15) is 18.1 Å². The number of methoxy groups -OCH3 is 1. The molecule has 2 amide bonds. The number of aliphatic imine (C=N–C) groups is 1. The molecule has 1 aliphatic heterocycles. The van der Waals surface area contributed by atoms with Crippen LogP contribution < -0.4 is 15.5 Å². The monoisotopic (exact) mass is 525 g/mol. The largest absolute Gasteiger partial charge is 0.496 e. The Morgan fingerprint density at radius 1 is 1.25 bits per heavy atom. The second-order valence-electron chi connectivity index (χ2n) is 8.47. The minimum absolute atomic E-state index is 0.0161. The molecule has 2 aromatic rings. The van der Waals surface area contributed by atoms with Gasteiger partial charge in [-0.15, -0.1) is 0 Å². The molecule has 1 atom stereocenters. The highest BCUT2D eigenvalue weighted by atomic mass is 35.5. The van der Waals surface area contributed by atoms with Gasteiger partial charge in [-0.05, 0) is 48.4 Å². The fraction of sp³-hybridized carbons (Fsp3) is 0.375. The maximum atomic E-state index is 13.4. The summed E-state index contributed by atoms with van der Waals surface area (Å²) in [7, 11) is 5.03. The van der Waals surface area contributed by atoms with Crippen LogP contribution in [-0.2, 0) is 22.2 Å². The fourth-order valence-electron chi connectivity index (χ4n) is 3.80. The van der Waals surface area contributed by atoms with Crippen molar-refractivity contribution in [2.24, 2.45) is 10.9 Å². The number of carbonyl (C=O) groups is 2. The van der Waals surface area contributed by atoms with Gasteiger partial charge in [-0.2, -0.15) is 13.2 Å². The van der Waals surface area contributed by atoms with Crippen molar-refractivity contribution < 1.29 is 27.5 Å². The van der Waals surface area contributed by atoms with Crippen molar-refractivity contribution >= 4 is 34.9 Å². The highest BCUT2D eigenvalue weighted by Crippen LogP contribution is 2.31. The van der Waals surface area contributed by atoms with E-state index in [0.717, 1.165) is 17.7 Å². The van der Waals surface area contributed by atoms with Crippen molar-refractivity contribution in [3.05, 3.63) is 58.6 Å². The summed E-state index contributed by atoms with van der Waals surface area (Å²) >= 11 is 6.14. The first-order valence-corrected chi connectivity index (χ1v) is 11.4. The number of halogens is 4. The number of carbonyl (C=O) groups excluding carboxylic acids is 2. The zero-order chi connectivity index (χ0) is 26.5. The third kappa shape index (κ3) is 7.34. The van der Waals surface area contributed by atoms with E-state index in [2.05, 4.69) is 15.7 Å². The third-order valence-corrected chi connectivity index (χ3v) is 5.61. The van der Waals surface area contributed by atoms with Gasteiger partial charge in [0.25, 0.3) is 0 Å². The molecule has 0 saturated heterocycles. The van der Waals surface area contributed by atoms with Gasteiger partial charge in [-0.3, -0.25) is 14.6 Å². The lowest BCUT2D eigenvalue weighted by Gasteiger charge is -2.25. The molecule has 1 aliphatic rings. The van der Waals surface area contributed by atoms with Gasteiger partial charge in [0.2, 0.25) is 11.8 Å². The Hall–Kier alpha value is -3.31. The summed E-state index contributed by atoms with van der Waals surface area (Å²) < 4.78 is 44.4. The molecule has 0 spiro atoms. The molecule has 0 aromatic heterocycles. The second-order valence-corrected chi connectivity index (χ2v) is 8.91. The van der Waals surface area contributed by atoms with E-state index in [4.69, 9.17) is 16.3 Å². The van der Waals surface area contributed by atoms with E-state index < -0.39 is 23.6 Å². The van der Waals surface area contributed by atoms with Crippen molar-refractivity contribution in [1.82, 2.24) is 15.3 Å². The van der Waals surface area contributed by atoms with Gasteiger partial charge in [0.05, 0.1) is 31.7 Å². The average Bonchev–Trinajstić information content (AvgIpc) is 2.92. The van der Waals surface area contributed by atoms with E-state index in [9.17, 15) is 22.8 Å². The minimum Gasteiger partial charge on any atom is -0.496 e. The molecule has 0 unspecified atom stereocenters. The third-order valence-electron chi connectivity index (χ3n) is 5.37. The van der Waals surface area contributed by atoms with Gasteiger partial charge in [-0.25, -0.2) is 5.01 Å². The van der Waals surface area contributed by atoms with Crippen molar-refractivity contribution in [2.75, 3.05) is 46.2 Å². The summed E-state index contributed by atoms with van der Waals surface area (Å²) in [6, 6.07) is 9.42. The molecule has 2 N–H and O–H groups in total. The van der Waals surface area contributed by atoms with Gasteiger partial charge in [-0.1, -0.05) is 17.7 Å². The van der Waals surface area contributed by atoms with Crippen LogP contribution in [0.15, 0.2) is 47.5 Å². The van der Waals surface area contributed by atoms with Crippen LogP contribution in [0.2, 0.25) is 5.02 Å². The highest BCUT2D eigenvalue weighted by molar-refractivity contribution is 6.30. The number of amides is 2. The summed E-state index contributed by atoms with van der Waals surface area (Å²) in [6.07, 6.45) is -4.27. The lowest BCUT2D eigenvalue weighted by atomic mass is 9.97. The summed E-state index contributed by atoms with van der Waals surface area (Å²) in [4.78, 5) is 32.0. The van der Waals surface area contributed by atoms with Crippen LogP contribution in [0.4, 0.5) is 18.9 Å². The van der Waals surface area contributed by atoms with Crippen molar-refractivity contribution in [1.29, 1.82) is 0 Å². The van der Waals surface area contributed by atoms with Crippen molar-refractivity contribution in [3.63, 3.8) is 0 Å². The number of rotatable bonds is 7. The van der Waals surface area contributed by atoms with Crippen LogP contribution in [0, 0.1) is 5.92 Å². The zero-order valence-electron chi connectivity index (χ0n) is 20.0. The molecule has 0 bridgehead atoms. The molecular weight excluding hydrogens is 499 g/mol. The number of nitrogens with one attached hydrogen (secondary N) is 2. The molecule has 12 heteroatoms. The summed E-state index contributed by atoms with van der Waals surface area (Å²) in [5, 5.41) is 4.59. The van der Waals surface area contributed by atoms with E-state index in [1.807, 2.05) is 0 Å². The van der Waals surface area contributed by atoms with Crippen molar-refractivity contribution in [3.8, 4) is 5.75 Å². The smallest absolute Gasteiger partial charge is 0.416 e. The van der Waals surface area contributed by atoms with Crippen LogP contribution in [-0.4, -0.2) is 68.4 Å². The summed E-state index contributed by atoms with van der Waals surface area (Å²) in [5.74, 6) is -0.523. The first-order valence-electron chi connectivity index (χ1n) is 11.0. The molecule has 1 heterocycles. The molecule has 0 aliphatic carbocycles. The molecule has 0 radical (unpaired) electrons. The van der Waals surface area contributed by atoms with Crippen molar-refractivity contribution in [2.45, 2.75) is 12.6 Å². The standard InChI is InChI=1S/C24H27ClF3N5O3/c1-32(2)31-21-13-33(14-22(34)30-19-6-4-5-17(11-19)24(26,27)28)23(35)16(12-29-21)9-15-10-18(25)7-8-20(15)36-3/h4-8,10-11,16H,9,12-14H2,1-3H3,(H,29,31)(H,30,34)/t16-/m1/s1. The predicted molar refractivity (Wildman–Crippen MR) is 131 cm³/mol. The Morgan fingerprint density at radius 3 is 2.67 bits per heavy atom. The Kier molecular flexibility index (Phi) is 8.80. The first-order chi connectivity index (χ1) is 17.0. The quantitative estimate of drug-likeness (QED) is 0.541. The molecule has 8 nitrogen and oxygen atoms in total.